The molecule has 5 N–H and O–H groups in total. The number of phenols is 1. The Morgan fingerprint density at radius 3 is 1.90 bits per heavy atom. The summed E-state index contributed by atoms with van der Waals surface area (Å²) in [6.07, 6.45) is 5.28. The highest BCUT2D eigenvalue weighted by molar-refractivity contribution is 7.09. The van der Waals surface area contributed by atoms with Gasteiger partial charge in [0.2, 0.25) is 11.8 Å². The molecule has 1 unspecified atom stereocenters. The number of thiazole rings is 1. The first kappa shape index (κ1) is 55.9. The Labute approximate surface area is 380 Å². The minimum absolute atomic E-state index is 0.0392. The lowest BCUT2D eigenvalue weighted by Crippen LogP contribution is -2.44. The minimum Gasteiger partial charge on any atom is -0.508 e. The van der Waals surface area contributed by atoms with Crippen LogP contribution in [0.5, 0.6) is 5.75 Å². The molecular weight excluding hydrogens is 831 g/mol. The fourth-order valence-corrected chi connectivity index (χ4v) is 7.41. The number of phenolic OH excluding ortho intramolecular Hbond substituents is 1. The van der Waals surface area contributed by atoms with Gasteiger partial charge in [-0.2, -0.15) is 0 Å². The number of carbonyl (C=O) groups excluding carboxylic acids is 3. The van der Waals surface area contributed by atoms with E-state index < -0.39 is 0 Å². The van der Waals surface area contributed by atoms with Crippen LogP contribution in [0.15, 0.2) is 29.6 Å². The van der Waals surface area contributed by atoms with Gasteiger partial charge in [-0.15, -0.1) is 11.3 Å². The third-order valence-electron chi connectivity index (χ3n) is 9.87. The van der Waals surface area contributed by atoms with E-state index in [2.05, 4.69) is 45.3 Å². The van der Waals surface area contributed by atoms with Crippen LogP contribution in [0.1, 0.15) is 113 Å². The molecular formula is C46H79N5O11S. The Hall–Kier alpha value is -3.26. The fourth-order valence-electron chi connectivity index (χ4n) is 6.55. The number of ether oxygens (including phenoxy) is 7. The normalized spacial score (nSPS) is 12.9. The Balaban J connectivity index is 1.82. The predicted molar refractivity (Wildman–Crippen MR) is 245 cm³/mol. The molecule has 0 saturated heterocycles. The minimum atomic E-state index is -0.380. The van der Waals surface area contributed by atoms with Gasteiger partial charge < -0.3 is 59.5 Å². The summed E-state index contributed by atoms with van der Waals surface area (Å²) in [5, 5.41) is 18.3. The molecule has 0 fully saturated rings. The van der Waals surface area contributed by atoms with Gasteiger partial charge in [0, 0.05) is 63.0 Å². The number of hydrogen-bond acceptors (Lipinski definition) is 14. The summed E-state index contributed by atoms with van der Waals surface area (Å²) in [5.74, 6) is 0.0284. The van der Waals surface area contributed by atoms with Crippen molar-refractivity contribution in [3.05, 3.63) is 45.9 Å². The van der Waals surface area contributed by atoms with E-state index in [-0.39, 0.29) is 59.7 Å². The van der Waals surface area contributed by atoms with Gasteiger partial charge in [-0.25, -0.2) is 4.98 Å². The number of nitrogens with one attached hydrogen (secondary N) is 2. The Morgan fingerprint density at radius 1 is 0.778 bits per heavy atom. The zero-order valence-corrected chi connectivity index (χ0v) is 39.6. The highest BCUT2D eigenvalue weighted by Crippen LogP contribution is 2.31. The molecule has 0 aliphatic carbocycles. The van der Waals surface area contributed by atoms with Crippen LogP contribution in [0.2, 0.25) is 0 Å². The Kier molecular flexibility index (Phi) is 31.9. The number of aromatic hydroxyl groups is 1. The van der Waals surface area contributed by atoms with Crippen LogP contribution >= 0.6 is 11.3 Å². The van der Waals surface area contributed by atoms with Crippen LogP contribution in [-0.4, -0.2) is 150 Å². The van der Waals surface area contributed by atoms with E-state index in [4.69, 9.17) is 43.9 Å². The topological polar surface area (TPSA) is 202 Å². The molecule has 0 bridgehead atoms. The Bertz CT molecular complexity index is 1470. The van der Waals surface area contributed by atoms with Gasteiger partial charge in [-0.3, -0.25) is 14.4 Å². The highest BCUT2D eigenvalue weighted by atomic mass is 32.1. The Morgan fingerprint density at radius 2 is 1.37 bits per heavy atom. The number of hydrogen-bond donors (Lipinski definition) is 4. The lowest BCUT2D eigenvalue weighted by molar-refractivity contribution is -0.135. The summed E-state index contributed by atoms with van der Waals surface area (Å²) >= 11 is 1.38. The van der Waals surface area contributed by atoms with E-state index in [1.165, 1.54) is 11.3 Å². The van der Waals surface area contributed by atoms with Crippen molar-refractivity contribution in [2.75, 3.05) is 106 Å². The van der Waals surface area contributed by atoms with Crippen LogP contribution in [0.4, 0.5) is 0 Å². The third-order valence-corrected chi connectivity index (χ3v) is 10.8. The molecule has 3 atom stereocenters. The van der Waals surface area contributed by atoms with Gasteiger partial charge in [0.25, 0.3) is 5.91 Å². The largest absolute Gasteiger partial charge is 0.508 e. The van der Waals surface area contributed by atoms with Crippen molar-refractivity contribution in [3.8, 4) is 5.75 Å². The van der Waals surface area contributed by atoms with Crippen LogP contribution in [0.25, 0.3) is 0 Å². The summed E-state index contributed by atoms with van der Waals surface area (Å²) in [7, 11) is 0. The molecule has 63 heavy (non-hydrogen) atoms. The van der Waals surface area contributed by atoms with E-state index in [1.54, 1.807) is 29.6 Å². The zero-order chi connectivity index (χ0) is 45.9. The van der Waals surface area contributed by atoms with Crippen LogP contribution in [-0.2, 0) is 49.2 Å². The average molecular weight is 910 g/mol. The van der Waals surface area contributed by atoms with Gasteiger partial charge >= 0.3 is 0 Å². The molecule has 0 saturated carbocycles. The van der Waals surface area contributed by atoms with E-state index in [9.17, 15) is 19.5 Å². The lowest BCUT2D eigenvalue weighted by Gasteiger charge is -2.36. The smallest absolute Gasteiger partial charge is 0.270 e. The molecule has 1 heterocycles. The monoisotopic (exact) mass is 910 g/mol. The van der Waals surface area contributed by atoms with E-state index >= 15 is 0 Å². The van der Waals surface area contributed by atoms with Crippen LogP contribution in [0, 0.1) is 5.92 Å². The molecule has 1 aromatic heterocycles. The van der Waals surface area contributed by atoms with E-state index in [1.807, 2.05) is 4.90 Å². The molecule has 2 rings (SSSR count). The van der Waals surface area contributed by atoms with Crippen molar-refractivity contribution in [2.24, 2.45) is 11.7 Å². The molecule has 0 radical (unpaired) electrons. The molecule has 0 aliphatic heterocycles. The van der Waals surface area contributed by atoms with Gasteiger partial charge in [-0.05, 0) is 55.7 Å². The van der Waals surface area contributed by atoms with Gasteiger partial charge in [0.1, 0.15) is 22.6 Å². The number of aromatic nitrogens is 1. The fraction of sp³-hybridized carbons (Fsp3) is 0.739. The maximum atomic E-state index is 13.7. The van der Waals surface area contributed by atoms with Crippen molar-refractivity contribution in [1.82, 2.24) is 20.5 Å². The third kappa shape index (κ3) is 25.7. The average Bonchev–Trinajstić information content (AvgIpc) is 3.77. The number of nitrogens with zero attached hydrogens (tertiary/aromatic N) is 2. The maximum absolute atomic E-state index is 13.7. The first-order valence-electron chi connectivity index (χ1n) is 23.0. The molecule has 2 aromatic rings. The van der Waals surface area contributed by atoms with Gasteiger partial charge in [-0.1, -0.05) is 53.2 Å². The standard InChI is InChI=1S/C46H79N5O11S/c1-6-9-10-44(54)51(19-7-2)41(36(4)5)34-42(62-20-8-3)46-50-40(35-63-46)45(55)49-38(33-37-11-14-39(52)15-12-37)13-16-43(53)48-18-22-57-24-26-59-28-30-61-32-31-60-29-27-58-25-23-56-21-17-47/h11-12,14-15,35-36,38,41-42,52H,6-10,13,16-34,47H2,1-5H3,(H,48,53)(H,49,55)/t38-,41?,42-/m1/s1. The van der Waals surface area contributed by atoms with Crippen LogP contribution < -0.4 is 16.4 Å². The van der Waals surface area contributed by atoms with E-state index in [0.29, 0.717) is 136 Å². The molecule has 16 nitrogen and oxygen atoms in total. The summed E-state index contributed by atoms with van der Waals surface area (Å²) in [4.78, 5) is 46.7. The zero-order valence-electron chi connectivity index (χ0n) is 38.8. The van der Waals surface area contributed by atoms with Crippen LogP contribution in [0.3, 0.4) is 0 Å². The quantitative estimate of drug-likeness (QED) is 0.0616. The molecule has 360 valence electrons. The molecule has 0 aliphatic rings. The summed E-state index contributed by atoms with van der Waals surface area (Å²) < 4.78 is 39.1. The van der Waals surface area contributed by atoms with Crippen molar-refractivity contribution in [1.29, 1.82) is 0 Å². The predicted octanol–water partition coefficient (Wildman–Crippen LogP) is 5.46. The second kappa shape index (κ2) is 36.0. The molecule has 17 heteroatoms. The summed E-state index contributed by atoms with van der Waals surface area (Å²) in [5.41, 5.74) is 6.55. The number of unbranched alkanes of at least 4 members (excludes halogenated alkanes) is 1. The second-order valence-electron chi connectivity index (χ2n) is 15.6. The number of carbonyl (C=O) groups is 3. The summed E-state index contributed by atoms with van der Waals surface area (Å²) in [6.45, 7) is 18.1. The van der Waals surface area contributed by atoms with Crippen molar-refractivity contribution in [3.63, 3.8) is 0 Å². The number of rotatable bonds is 40. The molecule has 0 spiro atoms. The van der Waals surface area contributed by atoms with Crippen molar-refractivity contribution >= 4 is 29.1 Å². The van der Waals surface area contributed by atoms with Gasteiger partial charge in [0.05, 0.1) is 79.3 Å². The second-order valence-corrected chi connectivity index (χ2v) is 16.5. The van der Waals surface area contributed by atoms with Gasteiger partial charge in [0.15, 0.2) is 0 Å². The number of benzene rings is 1. The van der Waals surface area contributed by atoms with E-state index in [0.717, 1.165) is 31.2 Å². The molecule has 3 amide bonds. The highest BCUT2D eigenvalue weighted by Gasteiger charge is 2.31. The lowest BCUT2D eigenvalue weighted by atomic mass is 9.95. The first-order chi connectivity index (χ1) is 30.6. The molecule has 1 aromatic carbocycles. The first-order valence-corrected chi connectivity index (χ1v) is 23.9. The maximum Gasteiger partial charge on any atom is 0.270 e. The van der Waals surface area contributed by atoms with Crippen molar-refractivity contribution in [2.45, 2.75) is 111 Å². The van der Waals surface area contributed by atoms with Crippen molar-refractivity contribution < 1.29 is 52.6 Å². The summed E-state index contributed by atoms with van der Waals surface area (Å²) in [6, 6.07) is 6.40. The SMILES string of the molecule is CCCCC(=O)N(CCC)C(C[C@@H](OCCC)c1nc(C(=O)N[C@H](CCC(=O)NCCOCCOCCOCCOCCOCCOCCN)Cc2ccc(O)cc2)cs1)C(C)C. The number of amides is 3. The number of nitrogens with two attached hydrogens (primary N) is 1.